The molecule has 0 aromatic rings. The molecule has 0 aromatic heterocycles. The largest absolute Gasteiger partial charge is 0.527 e. The van der Waals surface area contributed by atoms with Gasteiger partial charge in [-0.25, -0.2) is 23.3 Å². The molecule has 0 spiro atoms. The molecule has 0 N–H and O–H groups in total. The van der Waals surface area contributed by atoms with Gasteiger partial charge in [-0.1, -0.05) is 0 Å². The number of hydrogen-bond donors (Lipinski definition) is 0. The summed E-state index contributed by atoms with van der Waals surface area (Å²) in [6.45, 7) is -4.12. The molecule has 0 aromatic carbocycles. The van der Waals surface area contributed by atoms with Crippen molar-refractivity contribution in [3.63, 3.8) is 0 Å². The Morgan fingerprint density at radius 1 is 0.326 bits per heavy atom. The standard InChI is InChI=1S/C13H2F26O4/c14-1-2(15,16)3(17,18)4(19,20)5(21,22)7(26,27)40-9(30,31)10(32,33)41-11(34,35)12(36,43-13(37,38)39)42-8(28,29)6(23,24)25/h1H2. The van der Waals surface area contributed by atoms with Crippen LogP contribution in [0.1, 0.15) is 0 Å². The summed E-state index contributed by atoms with van der Waals surface area (Å²) in [7, 11) is 0. The van der Waals surface area contributed by atoms with Crippen LogP contribution < -0.4 is 0 Å². The fourth-order valence-corrected chi connectivity index (χ4v) is 1.77. The van der Waals surface area contributed by atoms with Crippen LogP contribution in [0.25, 0.3) is 0 Å². The maximum absolute atomic E-state index is 13.8. The molecule has 0 saturated heterocycles. The molecule has 0 fully saturated rings. The number of ether oxygens (including phenoxy) is 4. The Balaban J connectivity index is 6.75. The fourth-order valence-electron chi connectivity index (χ4n) is 1.77. The van der Waals surface area contributed by atoms with Crippen molar-refractivity contribution in [2.75, 3.05) is 6.67 Å². The zero-order valence-electron chi connectivity index (χ0n) is 18.2. The predicted molar refractivity (Wildman–Crippen MR) is 70.8 cm³/mol. The van der Waals surface area contributed by atoms with E-state index in [4.69, 9.17) is 0 Å². The Hall–Kier alpha value is -1.98. The van der Waals surface area contributed by atoms with Crippen molar-refractivity contribution in [1.29, 1.82) is 0 Å². The van der Waals surface area contributed by atoms with E-state index in [1.807, 2.05) is 0 Å². The molecule has 0 aliphatic heterocycles. The van der Waals surface area contributed by atoms with Gasteiger partial charge in [0.05, 0.1) is 0 Å². The monoisotopic (exact) mass is 716 g/mol. The topological polar surface area (TPSA) is 36.9 Å². The van der Waals surface area contributed by atoms with Gasteiger partial charge in [-0.05, 0) is 0 Å². The summed E-state index contributed by atoms with van der Waals surface area (Å²) < 4.78 is 339. The molecule has 4 nitrogen and oxygen atoms in total. The molecule has 30 heteroatoms. The molecule has 1 unspecified atom stereocenters. The second-order valence-electron chi connectivity index (χ2n) is 7.03. The molecule has 1 atom stereocenters. The SMILES string of the molecule is FCC(F)(F)C(F)(F)C(F)(F)C(F)(F)C(F)(F)OC(F)(F)C(F)(F)OC(F)(F)C(F)(OC(F)(F)F)OC(F)(F)C(F)(F)F. The average molecular weight is 716 g/mol. The lowest BCUT2D eigenvalue weighted by Crippen LogP contribution is -2.69. The van der Waals surface area contributed by atoms with Crippen LogP contribution in [-0.2, 0) is 18.9 Å². The quantitative estimate of drug-likeness (QED) is 0.134. The zero-order chi connectivity index (χ0) is 35.5. The van der Waals surface area contributed by atoms with Crippen LogP contribution in [0.15, 0.2) is 0 Å². The first kappa shape index (κ1) is 41.0. The molecular formula is C13H2F26O4. The molecule has 0 saturated carbocycles. The van der Waals surface area contributed by atoms with E-state index in [1.165, 1.54) is 9.47 Å². The van der Waals surface area contributed by atoms with Gasteiger partial charge < -0.3 is 0 Å². The van der Waals surface area contributed by atoms with Gasteiger partial charge in [-0.3, -0.25) is 0 Å². The summed E-state index contributed by atoms with van der Waals surface area (Å²) in [6.07, 6.45) is -56.3. The second-order valence-corrected chi connectivity index (χ2v) is 7.03. The zero-order valence-corrected chi connectivity index (χ0v) is 18.2. The summed E-state index contributed by atoms with van der Waals surface area (Å²) >= 11 is 0. The van der Waals surface area contributed by atoms with Gasteiger partial charge in [-0.2, -0.15) is 96.6 Å². The Kier molecular flexibility index (Phi) is 10.3. The van der Waals surface area contributed by atoms with Crippen molar-refractivity contribution >= 4 is 0 Å². The number of rotatable bonds is 14. The van der Waals surface area contributed by atoms with Crippen molar-refractivity contribution in [2.24, 2.45) is 0 Å². The summed E-state index contributed by atoms with van der Waals surface area (Å²) in [4.78, 5) is 0. The van der Waals surface area contributed by atoms with E-state index >= 15 is 0 Å². The van der Waals surface area contributed by atoms with Gasteiger partial charge in [0.25, 0.3) is 0 Å². The molecule has 0 amide bonds. The van der Waals surface area contributed by atoms with E-state index < -0.39 is 79.5 Å². The van der Waals surface area contributed by atoms with Crippen LogP contribution in [0.4, 0.5) is 114 Å². The van der Waals surface area contributed by atoms with Crippen LogP contribution >= 0.6 is 0 Å². The molecule has 43 heavy (non-hydrogen) atoms. The first-order valence-corrected chi connectivity index (χ1v) is 8.73. The Morgan fingerprint density at radius 3 is 0.977 bits per heavy atom. The number of halogens is 26. The normalized spacial score (nSPS) is 17.7. The van der Waals surface area contributed by atoms with Gasteiger partial charge in [-0.15, -0.1) is 13.2 Å². The number of alkyl halides is 26. The Labute approximate surface area is 214 Å². The van der Waals surface area contributed by atoms with Crippen LogP contribution in [0.5, 0.6) is 0 Å². The van der Waals surface area contributed by atoms with E-state index in [0.29, 0.717) is 0 Å². The molecule has 0 aliphatic rings. The minimum atomic E-state index is -8.70. The summed E-state index contributed by atoms with van der Waals surface area (Å²) in [5, 5.41) is 0. The lowest BCUT2D eigenvalue weighted by Gasteiger charge is -2.40. The third-order valence-electron chi connectivity index (χ3n) is 3.82. The maximum atomic E-state index is 13.8. The Morgan fingerprint density at radius 2 is 0.674 bits per heavy atom. The van der Waals surface area contributed by atoms with Crippen LogP contribution in [0.3, 0.4) is 0 Å². The van der Waals surface area contributed by atoms with Crippen LogP contribution in [-0.4, -0.2) is 79.5 Å². The van der Waals surface area contributed by atoms with Gasteiger partial charge in [0, 0.05) is 0 Å². The minimum Gasteiger partial charge on any atom is -0.244 e. The third-order valence-corrected chi connectivity index (χ3v) is 3.82. The highest BCUT2D eigenvalue weighted by molar-refractivity contribution is 5.06. The summed E-state index contributed by atoms with van der Waals surface area (Å²) in [5.41, 5.74) is 0. The Bertz CT molecular complexity index is 965. The maximum Gasteiger partial charge on any atom is 0.527 e. The van der Waals surface area contributed by atoms with E-state index in [1.54, 1.807) is 0 Å². The predicted octanol–water partition coefficient (Wildman–Crippen LogP) is 8.23. The van der Waals surface area contributed by atoms with Crippen LogP contribution in [0.2, 0.25) is 0 Å². The smallest absolute Gasteiger partial charge is 0.244 e. The van der Waals surface area contributed by atoms with Gasteiger partial charge in [0.15, 0.2) is 6.67 Å². The van der Waals surface area contributed by atoms with E-state index in [9.17, 15) is 114 Å². The van der Waals surface area contributed by atoms with Crippen molar-refractivity contribution in [1.82, 2.24) is 0 Å². The second kappa shape index (κ2) is 10.8. The van der Waals surface area contributed by atoms with Crippen molar-refractivity contribution in [3.05, 3.63) is 0 Å². The van der Waals surface area contributed by atoms with Crippen molar-refractivity contribution in [2.45, 2.75) is 72.8 Å². The van der Waals surface area contributed by atoms with Crippen LogP contribution in [0, 0.1) is 0 Å². The molecule has 0 bridgehead atoms. The lowest BCUT2D eigenvalue weighted by molar-refractivity contribution is -0.610. The molecule has 0 rings (SSSR count). The van der Waals surface area contributed by atoms with Crippen molar-refractivity contribution in [3.8, 4) is 0 Å². The lowest BCUT2D eigenvalue weighted by atomic mass is 9.98. The molecule has 0 radical (unpaired) electrons. The summed E-state index contributed by atoms with van der Waals surface area (Å²) in [5.74, 6) is -32.5. The highest BCUT2D eigenvalue weighted by Crippen LogP contribution is 2.59. The molecule has 0 heterocycles. The van der Waals surface area contributed by atoms with E-state index in [2.05, 4.69) is 0 Å². The number of hydrogen-bond acceptors (Lipinski definition) is 4. The molecule has 260 valence electrons. The third kappa shape index (κ3) is 7.47. The van der Waals surface area contributed by atoms with E-state index in [-0.39, 0.29) is 0 Å². The van der Waals surface area contributed by atoms with Gasteiger partial charge in [0.1, 0.15) is 0 Å². The van der Waals surface area contributed by atoms with E-state index in [0.717, 1.165) is 9.47 Å². The van der Waals surface area contributed by atoms with Gasteiger partial charge >= 0.3 is 72.8 Å². The highest BCUT2D eigenvalue weighted by atomic mass is 19.4. The molecular weight excluding hydrogens is 714 g/mol. The van der Waals surface area contributed by atoms with Gasteiger partial charge in [0.2, 0.25) is 0 Å². The summed E-state index contributed by atoms with van der Waals surface area (Å²) in [6, 6.07) is -7.97. The first-order chi connectivity index (χ1) is 18.1. The average Bonchev–Trinajstić information content (AvgIpc) is 2.68. The first-order valence-electron chi connectivity index (χ1n) is 8.73. The molecule has 0 aliphatic carbocycles. The fraction of sp³-hybridized carbons (Fsp3) is 1.00. The van der Waals surface area contributed by atoms with Crippen molar-refractivity contribution < 1.29 is 133 Å². The highest BCUT2D eigenvalue weighted by Gasteiger charge is 2.89. The minimum absolute atomic E-state index is 0.966.